The zero-order valence-corrected chi connectivity index (χ0v) is 20.8. The molecule has 0 aliphatic rings. The molecule has 2 amide bonds. The second kappa shape index (κ2) is 11.5. The molecule has 0 radical (unpaired) electrons. The monoisotopic (exact) mass is 500 g/mol. The molecular weight excluding hydrogens is 472 g/mol. The molecule has 0 unspecified atom stereocenters. The lowest BCUT2D eigenvalue weighted by Crippen LogP contribution is -2.17. The highest BCUT2D eigenvalue weighted by Gasteiger charge is 2.22. The number of carbonyl (C=O) groups excluding carboxylic acids is 2. The Morgan fingerprint density at radius 3 is 2.14 bits per heavy atom. The van der Waals surface area contributed by atoms with Crippen molar-refractivity contribution in [2.24, 2.45) is 11.5 Å². The van der Waals surface area contributed by atoms with Crippen LogP contribution in [0.4, 0.5) is 5.69 Å². The summed E-state index contributed by atoms with van der Waals surface area (Å²) < 4.78 is 26.2. The van der Waals surface area contributed by atoms with E-state index in [1.165, 1.54) is 40.0 Å². The van der Waals surface area contributed by atoms with E-state index in [1.807, 2.05) is 12.1 Å². The van der Waals surface area contributed by atoms with Gasteiger partial charge in [-0.3, -0.25) is 9.59 Å². The number of amides is 2. The summed E-state index contributed by atoms with van der Waals surface area (Å²) in [6.07, 6.45) is 2.43. The Labute approximate surface area is 207 Å². The molecule has 0 fully saturated rings. The largest absolute Gasteiger partial charge is 0.494 e. The Morgan fingerprint density at radius 2 is 1.60 bits per heavy atom. The van der Waals surface area contributed by atoms with E-state index in [2.05, 4.69) is 9.69 Å². The zero-order valence-electron chi connectivity index (χ0n) is 20.0. The highest BCUT2D eigenvalue weighted by atomic mass is 32.1. The lowest BCUT2D eigenvalue weighted by molar-refractivity contribution is -0.116. The molecule has 1 heterocycles. The van der Waals surface area contributed by atoms with E-state index in [0.29, 0.717) is 47.0 Å². The lowest BCUT2D eigenvalue weighted by atomic mass is 9.99. The van der Waals surface area contributed by atoms with Crippen LogP contribution in [-0.2, 0) is 4.79 Å². The molecule has 0 aliphatic carbocycles. The second-order valence-electron chi connectivity index (χ2n) is 7.39. The number of ether oxygens (including phenoxy) is 4. The average Bonchev–Trinajstić information content (AvgIpc) is 3.36. The Kier molecular flexibility index (Phi) is 8.50. The summed E-state index contributed by atoms with van der Waals surface area (Å²) in [6.45, 7) is 0.385. The van der Waals surface area contributed by atoms with Crippen molar-refractivity contribution in [3.05, 3.63) is 36.0 Å². The topological polar surface area (TPSA) is 148 Å². The van der Waals surface area contributed by atoms with Crippen LogP contribution in [0.2, 0.25) is 0 Å². The minimum absolute atomic E-state index is 0.126. The first-order chi connectivity index (χ1) is 16.9. The van der Waals surface area contributed by atoms with Gasteiger partial charge in [0, 0.05) is 23.7 Å². The number of nitrogens with two attached hydrogens (primary N) is 2. The molecule has 186 valence electrons. The van der Waals surface area contributed by atoms with Crippen LogP contribution in [-0.4, -0.2) is 51.2 Å². The van der Waals surface area contributed by atoms with Crippen LogP contribution in [0.5, 0.6) is 23.0 Å². The first-order valence-corrected chi connectivity index (χ1v) is 11.4. The molecule has 2 aromatic carbocycles. The van der Waals surface area contributed by atoms with Crippen LogP contribution < -0.4 is 35.7 Å². The summed E-state index contributed by atoms with van der Waals surface area (Å²) in [6, 6.07) is 6.96. The standard InChI is InChI=1S/C24H28N4O6S/c1-31-18-10-14(11-19(32-2)22(18)34-4)23-16(12-27-35-23)13-8-15(24(26)30)21(33-3)17(9-13)28-20(29)6-5-7-25/h8-12H,5-7,25H2,1-4H3,(H2,26,30)(H,28,29). The van der Waals surface area contributed by atoms with E-state index >= 15 is 0 Å². The third kappa shape index (κ3) is 5.47. The summed E-state index contributed by atoms with van der Waals surface area (Å²) in [4.78, 5) is 25.5. The van der Waals surface area contributed by atoms with Crippen molar-refractivity contribution in [2.75, 3.05) is 40.3 Å². The van der Waals surface area contributed by atoms with E-state index in [-0.39, 0.29) is 23.6 Å². The number of anilines is 1. The van der Waals surface area contributed by atoms with E-state index in [4.69, 9.17) is 30.4 Å². The number of nitrogens with one attached hydrogen (secondary N) is 1. The van der Waals surface area contributed by atoms with Crippen LogP contribution in [0.15, 0.2) is 30.5 Å². The van der Waals surface area contributed by atoms with Gasteiger partial charge in [0.25, 0.3) is 5.91 Å². The second-order valence-corrected chi connectivity index (χ2v) is 8.19. The van der Waals surface area contributed by atoms with E-state index in [1.54, 1.807) is 18.3 Å². The molecule has 1 aromatic heterocycles. The lowest BCUT2D eigenvalue weighted by Gasteiger charge is -2.16. The molecule has 10 nitrogen and oxygen atoms in total. The Balaban J connectivity index is 2.17. The molecule has 11 heteroatoms. The van der Waals surface area contributed by atoms with Gasteiger partial charge in [-0.1, -0.05) is 0 Å². The van der Waals surface area contributed by atoms with Crippen LogP contribution in [0.25, 0.3) is 21.6 Å². The summed E-state index contributed by atoms with van der Waals surface area (Å²) in [5.74, 6) is 0.671. The van der Waals surface area contributed by atoms with Gasteiger partial charge in [0.2, 0.25) is 11.7 Å². The van der Waals surface area contributed by atoms with Crippen molar-refractivity contribution in [1.29, 1.82) is 0 Å². The molecule has 35 heavy (non-hydrogen) atoms. The van der Waals surface area contributed by atoms with Crippen LogP contribution in [0, 0.1) is 0 Å². The predicted molar refractivity (Wildman–Crippen MR) is 135 cm³/mol. The molecule has 0 atom stereocenters. The number of carbonyl (C=O) groups is 2. The maximum Gasteiger partial charge on any atom is 0.252 e. The normalized spacial score (nSPS) is 10.5. The molecule has 0 saturated heterocycles. The van der Waals surface area contributed by atoms with Crippen molar-refractivity contribution < 1.29 is 28.5 Å². The minimum Gasteiger partial charge on any atom is -0.494 e. The fourth-order valence-electron chi connectivity index (χ4n) is 3.62. The summed E-state index contributed by atoms with van der Waals surface area (Å²) >= 11 is 1.25. The molecule has 3 rings (SSSR count). The molecule has 5 N–H and O–H groups in total. The first-order valence-electron chi connectivity index (χ1n) is 10.7. The number of rotatable bonds is 11. The SMILES string of the molecule is COc1cc(-c2sncc2-c2cc(NC(=O)CCCN)c(OC)c(C(N)=O)c2)cc(OC)c1OC. The van der Waals surface area contributed by atoms with E-state index in [9.17, 15) is 9.59 Å². The smallest absolute Gasteiger partial charge is 0.252 e. The van der Waals surface area contributed by atoms with Gasteiger partial charge >= 0.3 is 0 Å². The van der Waals surface area contributed by atoms with Gasteiger partial charge in [-0.2, -0.15) is 4.37 Å². The number of aromatic nitrogens is 1. The number of primary amides is 1. The quantitative estimate of drug-likeness (QED) is 0.363. The van der Waals surface area contributed by atoms with E-state index in [0.717, 1.165) is 10.4 Å². The third-order valence-electron chi connectivity index (χ3n) is 5.25. The van der Waals surface area contributed by atoms with Crippen molar-refractivity contribution in [1.82, 2.24) is 4.37 Å². The maximum atomic E-state index is 12.4. The number of methoxy groups -OCH3 is 4. The van der Waals surface area contributed by atoms with Gasteiger partial charge in [0.1, 0.15) is 0 Å². The molecule has 0 spiro atoms. The molecule has 3 aromatic rings. The predicted octanol–water partition coefficient (Wildman–Crippen LogP) is 3.29. The van der Waals surface area contributed by atoms with Gasteiger partial charge in [-0.15, -0.1) is 0 Å². The number of benzene rings is 2. The molecular formula is C24H28N4O6S. The van der Waals surface area contributed by atoms with Crippen LogP contribution in [0.1, 0.15) is 23.2 Å². The number of nitrogens with zero attached hydrogens (tertiary/aromatic N) is 1. The fourth-order valence-corrected chi connectivity index (χ4v) is 4.38. The maximum absolute atomic E-state index is 12.4. The summed E-state index contributed by atoms with van der Waals surface area (Å²) in [5, 5.41) is 2.80. The van der Waals surface area contributed by atoms with Gasteiger partial charge in [0.05, 0.1) is 44.6 Å². The van der Waals surface area contributed by atoms with Gasteiger partial charge in [-0.05, 0) is 54.3 Å². The Bertz CT molecular complexity index is 1200. The molecule has 0 bridgehead atoms. The van der Waals surface area contributed by atoms with Crippen molar-refractivity contribution in [3.63, 3.8) is 0 Å². The molecule has 0 aliphatic heterocycles. The van der Waals surface area contributed by atoms with Crippen LogP contribution in [0.3, 0.4) is 0 Å². The first kappa shape index (κ1) is 25.8. The highest BCUT2D eigenvalue weighted by Crippen LogP contribution is 2.45. The molecule has 0 saturated carbocycles. The van der Waals surface area contributed by atoms with E-state index < -0.39 is 5.91 Å². The highest BCUT2D eigenvalue weighted by molar-refractivity contribution is 7.10. The van der Waals surface area contributed by atoms with Gasteiger partial charge in [0.15, 0.2) is 17.2 Å². The summed E-state index contributed by atoms with van der Waals surface area (Å²) in [7, 11) is 6.02. The Morgan fingerprint density at radius 1 is 0.943 bits per heavy atom. The third-order valence-corrected chi connectivity index (χ3v) is 6.10. The minimum atomic E-state index is -0.696. The zero-order chi connectivity index (χ0) is 25.5. The van der Waals surface area contributed by atoms with Crippen LogP contribution >= 0.6 is 11.5 Å². The van der Waals surface area contributed by atoms with Gasteiger partial charge < -0.3 is 35.7 Å². The average molecular weight is 501 g/mol. The fraction of sp³-hybridized carbons (Fsp3) is 0.292. The van der Waals surface area contributed by atoms with Crippen molar-refractivity contribution in [3.8, 4) is 44.6 Å². The van der Waals surface area contributed by atoms with Crippen molar-refractivity contribution in [2.45, 2.75) is 12.8 Å². The number of hydrogen-bond acceptors (Lipinski definition) is 9. The van der Waals surface area contributed by atoms with Gasteiger partial charge in [-0.25, -0.2) is 0 Å². The number of hydrogen-bond donors (Lipinski definition) is 3. The van der Waals surface area contributed by atoms with Crippen molar-refractivity contribution >= 4 is 29.0 Å². The summed E-state index contributed by atoms with van der Waals surface area (Å²) in [5.41, 5.74) is 13.7. The Hall–Kier alpha value is -3.83.